The maximum Gasteiger partial charge on any atom is 0.242 e. The molecule has 3 aromatic rings. The summed E-state index contributed by atoms with van der Waals surface area (Å²) < 4.78 is 32.1. The van der Waals surface area contributed by atoms with Gasteiger partial charge in [-0.3, -0.25) is 4.98 Å². The monoisotopic (exact) mass is 437 g/mol. The molecule has 1 saturated heterocycles. The highest BCUT2D eigenvalue weighted by molar-refractivity contribution is 7.89. The van der Waals surface area contributed by atoms with Crippen LogP contribution in [0.1, 0.15) is 11.1 Å². The summed E-state index contributed by atoms with van der Waals surface area (Å²) in [6, 6.07) is 9.23. The van der Waals surface area contributed by atoms with E-state index in [2.05, 4.69) is 15.0 Å². The van der Waals surface area contributed by atoms with E-state index in [1.807, 2.05) is 30.0 Å². The number of benzene rings is 1. The van der Waals surface area contributed by atoms with Gasteiger partial charge in [0.05, 0.1) is 29.2 Å². The number of aromatic nitrogens is 3. The normalized spacial score (nSPS) is 17.1. The van der Waals surface area contributed by atoms with Gasteiger partial charge in [-0.05, 0) is 42.3 Å². The topological polar surface area (TPSA) is 88.5 Å². The summed E-state index contributed by atoms with van der Waals surface area (Å²) in [4.78, 5) is 15.8. The Morgan fingerprint density at radius 3 is 2.42 bits per heavy atom. The van der Waals surface area contributed by atoms with E-state index in [1.165, 1.54) is 18.4 Å². The molecule has 0 radical (unpaired) electrons. The molecule has 4 heterocycles. The van der Waals surface area contributed by atoms with Gasteiger partial charge in [-0.15, -0.1) is 0 Å². The molecule has 160 valence electrons. The highest BCUT2D eigenvalue weighted by Crippen LogP contribution is 2.48. The Morgan fingerprint density at radius 2 is 1.81 bits per heavy atom. The second kappa shape index (κ2) is 7.08. The molecule has 1 spiro atoms. The van der Waals surface area contributed by atoms with Crippen molar-refractivity contribution in [2.24, 2.45) is 0 Å². The highest BCUT2D eigenvalue weighted by Gasteiger charge is 2.49. The number of hydrogen-bond donors (Lipinski definition) is 0. The number of aryl methyl sites for hydroxylation is 1. The quantitative estimate of drug-likeness (QED) is 0.620. The van der Waals surface area contributed by atoms with Gasteiger partial charge in [0.15, 0.2) is 0 Å². The van der Waals surface area contributed by atoms with Crippen LogP contribution in [0.4, 0.5) is 11.6 Å². The first-order valence-corrected chi connectivity index (χ1v) is 11.4. The molecule has 9 heteroatoms. The van der Waals surface area contributed by atoms with Crippen LogP contribution in [0, 0.1) is 6.92 Å². The smallest absolute Gasteiger partial charge is 0.242 e. The molecule has 0 amide bonds. The molecular formula is C22H23N5O3S. The summed E-state index contributed by atoms with van der Waals surface area (Å²) in [6.45, 7) is 3.86. The van der Waals surface area contributed by atoms with Crippen LogP contribution < -0.4 is 4.90 Å². The van der Waals surface area contributed by atoms with Crippen molar-refractivity contribution >= 4 is 21.7 Å². The predicted octanol–water partition coefficient (Wildman–Crippen LogP) is 2.52. The Morgan fingerprint density at radius 1 is 1.06 bits per heavy atom. The van der Waals surface area contributed by atoms with Crippen LogP contribution in [0.5, 0.6) is 0 Å². The van der Waals surface area contributed by atoms with E-state index in [4.69, 9.17) is 4.74 Å². The lowest BCUT2D eigenvalue weighted by atomic mass is 9.81. The van der Waals surface area contributed by atoms with E-state index in [9.17, 15) is 8.42 Å². The van der Waals surface area contributed by atoms with Crippen molar-refractivity contribution in [1.29, 1.82) is 0 Å². The minimum atomic E-state index is -3.55. The van der Waals surface area contributed by atoms with Crippen molar-refractivity contribution in [3.63, 3.8) is 0 Å². The first-order valence-electron chi connectivity index (χ1n) is 9.98. The average molecular weight is 438 g/mol. The third-order valence-corrected chi connectivity index (χ3v) is 7.73. The van der Waals surface area contributed by atoms with Crippen molar-refractivity contribution in [2.75, 3.05) is 38.8 Å². The number of sulfonamides is 1. The number of nitrogens with zero attached hydrogens (tertiary/aromatic N) is 5. The van der Waals surface area contributed by atoms with Crippen LogP contribution in [0.3, 0.4) is 0 Å². The highest BCUT2D eigenvalue weighted by atomic mass is 32.2. The Hall–Kier alpha value is -2.88. The Bertz CT molecular complexity index is 1250. The average Bonchev–Trinajstić information content (AvgIpc) is 3.09. The van der Waals surface area contributed by atoms with E-state index in [1.54, 1.807) is 30.7 Å². The summed E-state index contributed by atoms with van der Waals surface area (Å²) in [6.07, 6.45) is 5.28. The zero-order valence-corrected chi connectivity index (χ0v) is 18.4. The maximum atomic E-state index is 12.7. The van der Waals surface area contributed by atoms with Gasteiger partial charge in [-0.2, -0.15) is 0 Å². The molecule has 8 nitrogen and oxygen atoms in total. The molecule has 31 heavy (non-hydrogen) atoms. The second-order valence-corrected chi connectivity index (χ2v) is 10.5. The Balaban J connectivity index is 1.55. The van der Waals surface area contributed by atoms with Gasteiger partial charge in [-0.25, -0.2) is 22.7 Å². The largest absolute Gasteiger partial charge is 0.379 e. The van der Waals surface area contributed by atoms with Gasteiger partial charge in [-0.1, -0.05) is 6.07 Å². The summed E-state index contributed by atoms with van der Waals surface area (Å²) >= 11 is 0. The molecule has 0 unspecified atom stereocenters. The van der Waals surface area contributed by atoms with E-state index in [-0.39, 0.29) is 10.3 Å². The predicted molar refractivity (Wildman–Crippen MR) is 117 cm³/mol. The van der Waals surface area contributed by atoms with Crippen molar-refractivity contribution in [2.45, 2.75) is 17.2 Å². The molecule has 5 rings (SSSR count). The van der Waals surface area contributed by atoms with E-state index < -0.39 is 10.0 Å². The maximum absolute atomic E-state index is 12.7. The van der Waals surface area contributed by atoms with Crippen LogP contribution in [0.15, 0.2) is 53.8 Å². The molecule has 0 saturated carbocycles. The minimum Gasteiger partial charge on any atom is -0.379 e. The van der Waals surface area contributed by atoms with Gasteiger partial charge < -0.3 is 9.64 Å². The van der Waals surface area contributed by atoms with Gasteiger partial charge in [0.25, 0.3) is 0 Å². The van der Waals surface area contributed by atoms with Gasteiger partial charge in [0, 0.05) is 50.5 Å². The van der Waals surface area contributed by atoms with Crippen LogP contribution in [0.2, 0.25) is 0 Å². The lowest BCUT2D eigenvalue weighted by Crippen LogP contribution is -2.49. The van der Waals surface area contributed by atoms with Crippen LogP contribution in [-0.2, 0) is 20.2 Å². The molecule has 1 fully saturated rings. The second-order valence-electron chi connectivity index (χ2n) is 8.32. The summed E-state index contributed by atoms with van der Waals surface area (Å²) in [7, 11) is -0.490. The van der Waals surface area contributed by atoms with Crippen LogP contribution in [0.25, 0.3) is 11.3 Å². The molecule has 0 bridgehead atoms. The summed E-state index contributed by atoms with van der Waals surface area (Å²) in [5, 5.41) is 0. The van der Waals surface area contributed by atoms with Crippen molar-refractivity contribution in [3.8, 4) is 11.3 Å². The fourth-order valence-corrected chi connectivity index (χ4v) is 5.01. The molecule has 2 aliphatic rings. The van der Waals surface area contributed by atoms with Crippen molar-refractivity contribution < 1.29 is 13.2 Å². The first-order chi connectivity index (χ1) is 14.8. The number of ether oxygens (including phenoxy) is 1. The fraction of sp³-hybridized carbons (Fsp3) is 0.318. The van der Waals surface area contributed by atoms with Crippen LogP contribution >= 0.6 is 0 Å². The lowest BCUT2D eigenvalue weighted by molar-refractivity contribution is -0.0507. The first kappa shape index (κ1) is 20.0. The van der Waals surface area contributed by atoms with Gasteiger partial charge in [0.2, 0.25) is 16.0 Å². The number of fused-ring (bicyclic) bond motifs is 2. The third kappa shape index (κ3) is 3.20. The van der Waals surface area contributed by atoms with Gasteiger partial charge >= 0.3 is 0 Å². The minimum absolute atomic E-state index is 0.157. The van der Waals surface area contributed by atoms with Crippen LogP contribution in [-0.4, -0.2) is 61.5 Å². The molecule has 2 aromatic heterocycles. The molecule has 0 atom stereocenters. The molecule has 2 aliphatic heterocycles. The number of hydrogen-bond acceptors (Lipinski definition) is 7. The molecule has 0 aliphatic carbocycles. The summed E-state index contributed by atoms with van der Waals surface area (Å²) in [5.41, 5.74) is 4.49. The van der Waals surface area contributed by atoms with Gasteiger partial charge in [0.1, 0.15) is 0 Å². The van der Waals surface area contributed by atoms with Crippen molar-refractivity contribution in [3.05, 3.63) is 60.0 Å². The zero-order valence-electron chi connectivity index (χ0n) is 17.6. The molecule has 1 aromatic carbocycles. The van der Waals surface area contributed by atoms with E-state index in [0.29, 0.717) is 25.7 Å². The Labute approximate surface area is 181 Å². The SMILES string of the molecule is Cc1ccnc(-c2cnc(N3CC4(COC4)c4ccc(S(=O)(=O)N(C)C)cc43)nc2)c1. The number of anilines is 2. The third-order valence-electron chi connectivity index (χ3n) is 5.92. The Kier molecular flexibility index (Phi) is 4.58. The lowest BCUT2D eigenvalue weighted by Gasteiger charge is -2.38. The number of pyridine rings is 1. The molecular weight excluding hydrogens is 414 g/mol. The van der Waals surface area contributed by atoms with E-state index >= 15 is 0 Å². The van der Waals surface area contributed by atoms with Crippen molar-refractivity contribution in [1.82, 2.24) is 19.3 Å². The summed E-state index contributed by atoms with van der Waals surface area (Å²) in [5.74, 6) is 0.529. The zero-order chi connectivity index (χ0) is 21.8. The fourth-order valence-electron chi connectivity index (χ4n) is 4.09. The van der Waals surface area contributed by atoms with E-state index in [0.717, 1.165) is 28.1 Å². The number of rotatable bonds is 4. The standard InChI is InChI=1S/C22H23N5O3S/c1-15-6-7-23-19(8-15)16-10-24-21(25-11-16)27-12-22(13-30-14-22)18-5-4-17(9-20(18)27)31(28,29)26(2)3/h4-11H,12-14H2,1-3H3. The molecule has 0 N–H and O–H groups in total.